The molecule has 2 aliphatic heterocycles. The summed E-state index contributed by atoms with van der Waals surface area (Å²) in [6.45, 7) is 5.52. The molecule has 4 nitrogen and oxygen atoms in total. The molecule has 0 spiro atoms. The maximum atomic E-state index is 12.6. The van der Waals surface area contributed by atoms with Crippen LogP contribution < -0.4 is 5.32 Å². The number of ether oxygens (including phenoxy) is 1. The van der Waals surface area contributed by atoms with Crippen molar-refractivity contribution in [2.24, 2.45) is 5.92 Å². The zero-order chi connectivity index (χ0) is 14.7. The molecule has 3 unspecified atom stereocenters. The standard InChI is InChI=1S/C17H30N2O2/c1-13-4-2-5-15(12-13)21-17(20)16-6-3-11-19(16)14-7-9-18-10-8-14/h13-16,18H,2-12H2,1H3. The van der Waals surface area contributed by atoms with E-state index in [-0.39, 0.29) is 18.1 Å². The molecule has 3 aliphatic rings. The summed E-state index contributed by atoms with van der Waals surface area (Å²) < 4.78 is 5.87. The lowest BCUT2D eigenvalue weighted by molar-refractivity contribution is -0.157. The first-order valence-corrected chi connectivity index (χ1v) is 8.91. The third-order valence-corrected chi connectivity index (χ3v) is 5.52. The molecule has 2 heterocycles. The van der Waals surface area contributed by atoms with E-state index in [2.05, 4.69) is 17.1 Å². The summed E-state index contributed by atoms with van der Waals surface area (Å²) in [6.07, 6.45) is 9.28. The average Bonchev–Trinajstić information content (AvgIpc) is 2.98. The first kappa shape index (κ1) is 15.3. The molecule has 0 aromatic rings. The minimum absolute atomic E-state index is 0.0327. The predicted molar refractivity (Wildman–Crippen MR) is 83.1 cm³/mol. The number of likely N-dealkylation sites (tertiary alicyclic amines) is 1. The van der Waals surface area contributed by atoms with Crippen molar-refractivity contribution in [2.75, 3.05) is 19.6 Å². The average molecular weight is 294 g/mol. The van der Waals surface area contributed by atoms with E-state index in [0.717, 1.165) is 45.3 Å². The molecule has 3 fully saturated rings. The normalized spacial score (nSPS) is 35.8. The Hall–Kier alpha value is -0.610. The Morgan fingerprint density at radius 3 is 2.67 bits per heavy atom. The van der Waals surface area contributed by atoms with E-state index in [0.29, 0.717) is 12.0 Å². The summed E-state index contributed by atoms with van der Waals surface area (Å²) in [5.41, 5.74) is 0. The molecule has 0 aromatic carbocycles. The minimum Gasteiger partial charge on any atom is -0.461 e. The molecule has 2 saturated heterocycles. The molecule has 0 amide bonds. The fraction of sp³-hybridized carbons (Fsp3) is 0.941. The van der Waals surface area contributed by atoms with Crippen LogP contribution in [0.4, 0.5) is 0 Å². The Labute approximate surface area is 128 Å². The van der Waals surface area contributed by atoms with Gasteiger partial charge in [0, 0.05) is 6.04 Å². The van der Waals surface area contributed by atoms with Crippen LogP contribution in [0, 0.1) is 5.92 Å². The molecule has 21 heavy (non-hydrogen) atoms. The van der Waals surface area contributed by atoms with Gasteiger partial charge in [0.25, 0.3) is 0 Å². The summed E-state index contributed by atoms with van der Waals surface area (Å²) in [7, 11) is 0. The highest BCUT2D eigenvalue weighted by molar-refractivity contribution is 5.76. The van der Waals surface area contributed by atoms with Crippen LogP contribution in [0.25, 0.3) is 0 Å². The number of piperidine rings is 1. The molecule has 4 heteroatoms. The second-order valence-corrected chi connectivity index (χ2v) is 7.21. The first-order valence-electron chi connectivity index (χ1n) is 8.91. The number of hydrogen-bond donors (Lipinski definition) is 1. The second-order valence-electron chi connectivity index (χ2n) is 7.21. The fourth-order valence-corrected chi connectivity index (χ4v) is 4.35. The largest absolute Gasteiger partial charge is 0.461 e. The number of hydrogen-bond acceptors (Lipinski definition) is 4. The van der Waals surface area contributed by atoms with Gasteiger partial charge >= 0.3 is 5.97 Å². The first-order chi connectivity index (χ1) is 10.2. The number of rotatable bonds is 3. The Morgan fingerprint density at radius 1 is 1.10 bits per heavy atom. The number of nitrogens with one attached hydrogen (secondary N) is 1. The molecule has 1 aliphatic carbocycles. The summed E-state index contributed by atoms with van der Waals surface area (Å²) >= 11 is 0. The van der Waals surface area contributed by atoms with Crippen LogP contribution in [0.2, 0.25) is 0 Å². The molecule has 3 atom stereocenters. The van der Waals surface area contributed by atoms with E-state index >= 15 is 0 Å². The molecule has 0 radical (unpaired) electrons. The number of nitrogens with zero attached hydrogens (tertiary/aromatic N) is 1. The van der Waals surface area contributed by atoms with Crippen LogP contribution >= 0.6 is 0 Å². The van der Waals surface area contributed by atoms with Gasteiger partial charge in [-0.1, -0.05) is 13.3 Å². The van der Waals surface area contributed by atoms with Gasteiger partial charge in [-0.3, -0.25) is 9.69 Å². The van der Waals surface area contributed by atoms with E-state index in [1.165, 1.54) is 25.7 Å². The predicted octanol–water partition coefficient (Wildman–Crippen LogP) is 2.32. The van der Waals surface area contributed by atoms with Gasteiger partial charge in [-0.15, -0.1) is 0 Å². The van der Waals surface area contributed by atoms with Crippen molar-refractivity contribution in [3.05, 3.63) is 0 Å². The highest BCUT2D eigenvalue weighted by Gasteiger charge is 2.37. The molecular weight excluding hydrogens is 264 g/mol. The number of carbonyl (C=O) groups is 1. The fourth-order valence-electron chi connectivity index (χ4n) is 4.35. The van der Waals surface area contributed by atoms with Crippen molar-refractivity contribution in [3.8, 4) is 0 Å². The van der Waals surface area contributed by atoms with Crippen LogP contribution in [0.3, 0.4) is 0 Å². The van der Waals surface area contributed by atoms with Gasteiger partial charge in [0.05, 0.1) is 0 Å². The van der Waals surface area contributed by atoms with Crippen molar-refractivity contribution in [1.29, 1.82) is 0 Å². The van der Waals surface area contributed by atoms with Gasteiger partial charge in [-0.2, -0.15) is 0 Å². The molecule has 120 valence electrons. The van der Waals surface area contributed by atoms with Crippen LogP contribution in [0.5, 0.6) is 0 Å². The van der Waals surface area contributed by atoms with Crippen LogP contribution in [0.15, 0.2) is 0 Å². The quantitative estimate of drug-likeness (QED) is 0.811. The van der Waals surface area contributed by atoms with Crippen LogP contribution in [-0.4, -0.2) is 48.7 Å². The number of carbonyl (C=O) groups excluding carboxylic acids is 1. The highest BCUT2D eigenvalue weighted by Crippen LogP contribution is 2.29. The van der Waals surface area contributed by atoms with E-state index in [1.807, 2.05) is 0 Å². The lowest BCUT2D eigenvalue weighted by atomic mass is 9.88. The Morgan fingerprint density at radius 2 is 1.90 bits per heavy atom. The summed E-state index contributed by atoms with van der Waals surface area (Å²) in [6, 6.07) is 0.613. The zero-order valence-corrected chi connectivity index (χ0v) is 13.4. The van der Waals surface area contributed by atoms with E-state index < -0.39 is 0 Å². The Bertz CT molecular complexity index is 355. The highest BCUT2D eigenvalue weighted by atomic mass is 16.5. The van der Waals surface area contributed by atoms with E-state index in [9.17, 15) is 4.79 Å². The maximum absolute atomic E-state index is 12.6. The second kappa shape index (κ2) is 7.10. The Kier molecular flexibility index (Phi) is 5.17. The van der Waals surface area contributed by atoms with Gasteiger partial charge < -0.3 is 10.1 Å². The topological polar surface area (TPSA) is 41.6 Å². The molecule has 3 rings (SSSR count). The zero-order valence-electron chi connectivity index (χ0n) is 13.4. The van der Waals surface area contributed by atoms with Gasteiger partial charge in [0.1, 0.15) is 12.1 Å². The van der Waals surface area contributed by atoms with Gasteiger partial charge in [0.2, 0.25) is 0 Å². The van der Waals surface area contributed by atoms with Gasteiger partial charge in [0.15, 0.2) is 0 Å². The third-order valence-electron chi connectivity index (χ3n) is 5.52. The van der Waals surface area contributed by atoms with Crippen LogP contribution in [0.1, 0.15) is 58.3 Å². The van der Waals surface area contributed by atoms with E-state index in [1.54, 1.807) is 0 Å². The minimum atomic E-state index is 0.0327. The summed E-state index contributed by atoms with van der Waals surface area (Å²) in [5.74, 6) is 0.769. The number of esters is 1. The van der Waals surface area contributed by atoms with Crippen LogP contribution in [-0.2, 0) is 9.53 Å². The third kappa shape index (κ3) is 3.78. The SMILES string of the molecule is CC1CCCC(OC(=O)C2CCCN2C2CCNCC2)C1. The van der Waals surface area contributed by atoms with Gasteiger partial charge in [-0.05, 0) is 70.5 Å². The molecule has 1 N–H and O–H groups in total. The molecule has 1 saturated carbocycles. The molecular formula is C17H30N2O2. The van der Waals surface area contributed by atoms with Crippen molar-refractivity contribution in [1.82, 2.24) is 10.2 Å². The van der Waals surface area contributed by atoms with Gasteiger partial charge in [-0.25, -0.2) is 0 Å². The summed E-state index contributed by atoms with van der Waals surface area (Å²) in [5, 5.41) is 3.41. The molecule has 0 bridgehead atoms. The van der Waals surface area contributed by atoms with Crippen molar-refractivity contribution in [2.45, 2.75) is 76.5 Å². The summed E-state index contributed by atoms with van der Waals surface area (Å²) in [4.78, 5) is 15.0. The lowest BCUT2D eigenvalue weighted by Gasteiger charge is -2.35. The molecule has 0 aromatic heterocycles. The monoisotopic (exact) mass is 294 g/mol. The van der Waals surface area contributed by atoms with Crippen molar-refractivity contribution >= 4 is 5.97 Å². The Balaban J connectivity index is 1.55. The van der Waals surface area contributed by atoms with Crippen molar-refractivity contribution in [3.63, 3.8) is 0 Å². The maximum Gasteiger partial charge on any atom is 0.323 e. The van der Waals surface area contributed by atoms with Crippen molar-refractivity contribution < 1.29 is 9.53 Å². The smallest absolute Gasteiger partial charge is 0.323 e. The van der Waals surface area contributed by atoms with E-state index in [4.69, 9.17) is 4.74 Å². The lowest BCUT2D eigenvalue weighted by Crippen LogP contribution is -2.48.